The molecule has 2 aliphatic heterocycles. The summed E-state index contributed by atoms with van der Waals surface area (Å²) >= 11 is 0. The molecule has 2 aromatic rings. The molecule has 2 heterocycles. The highest BCUT2D eigenvalue weighted by Gasteiger charge is 2.51. The first kappa shape index (κ1) is 16.8. The number of benzene rings is 2. The van der Waals surface area contributed by atoms with Crippen LogP contribution in [0.3, 0.4) is 0 Å². The highest BCUT2D eigenvalue weighted by Crippen LogP contribution is 2.33. The molecule has 1 saturated heterocycles. The van der Waals surface area contributed by atoms with Gasteiger partial charge in [0.2, 0.25) is 5.60 Å². The van der Waals surface area contributed by atoms with E-state index in [1.54, 1.807) is 12.1 Å². The second-order valence-electron chi connectivity index (χ2n) is 7.02. The lowest BCUT2D eigenvalue weighted by Crippen LogP contribution is -2.48. The summed E-state index contributed by atoms with van der Waals surface area (Å²) in [6, 6.07) is 16.9. The van der Waals surface area contributed by atoms with E-state index in [2.05, 4.69) is 0 Å². The maximum atomic E-state index is 12.8. The molecule has 0 saturated carbocycles. The van der Waals surface area contributed by atoms with E-state index in [0.29, 0.717) is 25.3 Å². The fraction of sp³-hybridized carbons (Fsp3) is 0.333. The van der Waals surface area contributed by atoms with E-state index in [9.17, 15) is 14.7 Å². The van der Waals surface area contributed by atoms with Gasteiger partial charge in [0.15, 0.2) is 5.78 Å². The van der Waals surface area contributed by atoms with Crippen LogP contribution >= 0.6 is 0 Å². The van der Waals surface area contributed by atoms with E-state index >= 15 is 0 Å². The first-order valence-corrected chi connectivity index (χ1v) is 8.91. The second-order valence-corrected chi connectivity index (χ2v) is 7.02. The minimum atomic E-state index is -1.92. The van der Waals surface area contributed by atoms with Crippen LogP contribution in [-0.2, 0) is 16.0 Å². The molecule has 26 heavy (non-hydrogen) atoms. The standard InChI is InChI=1S/C21H21NO4/c23-19(13-15-12-16-6-4-5-9-18(16)26-14-15)21(25)10-11-22(20(21)24)17-7-2-1-3-8-17/h1-9,15,25H,10-14H2/t15?,21-/m0/s1. The largest absolute Gasteiger partial charge is 0.493 e. The third-order valence-corrected chi connectivity index (χ3v) is 5.26. The molecule has 2 aliphatic rings. The lowest BCUT2D eigenvalue weighted by atomic mass is 9.86. The molecule has 1 unspecified atom stereocenters. The van der Waals surface area contributed by atoms with Crippen LogP contribution < -0.4 is 9.64 Å². The fourth-order valence-corrected chi connectivity index (χ4v) is 3.77. The molecular formula is C21H21NO4. The van der Waals surface area contributed by atoms with Gasteiger partial charge in [-0.05, 0) is 30.2 Å². The normalized spacial score (nSPS) is 24.9. The number of carbonyl (C=O) groups excluding carboxylic acids is 2. The minimum Gasteiger partial charge on any atom is -0.493 e. The van der Waals surface area contributed by atoms with Gasteiger partial charge in [-0.15, -0.1) is 0 Å². The Balaban J connectivity index is 1.46. The number of ketones is 1. The maximum absolute atomic E-state index is 12.8. The van der Waals surface area contributed by atoms with E-state index in [4.69, 9.17) is 4.74 Å². The van der Waals surface area contributed by atoms with Gasteiger partial charge in [-0.25, -0.2) is 0 Å². The van der Waals surface area contributed by atoms with Gasteiger partial charge < -0.3 is 14.7 Å². The topological polar surface area (TPSA) is 66.8 Å². The van der Waals surface area contributed by atoms with E-state index < -0.39 is 17.3 Å². The van der Waals surface area contributed by atoms with Crippen molar-refractivity contribution in [3.63, 3.8) is 0 Å². The van der Waals surface area contributed by atoms with Gasteiger partial charge in [0.1, 0.15) is 5.75 Å². The number of ether oxygens (including phenoxy) is 1. The van der Waals surface area contributed by atoms with Gasteiger partial charge in [-0.3, -0.25) is 9.59 Å². The van der Waals surface area contributed by atoms with Crippen molar-refractivity contribution in [1.82, 2.24) is 0 Å². The number of aliphatic hydroxyl groups is 1. The molecule has 0 radical (unpaired) electrons. The summed E-state index contributed by atoms with van der Waals surface area (Å²) in [4.78, 5) is 27.0. The van der Waals surface area contributed by atoms with Crippen molar-refractivity contribution < 1.29 is 19.4 Å². The highest BCUT2D eigenvalue weighted by atomic mass is 16.5. The number of hydrogen-bond acceptors (Lipinski definition) is 4. The number of Topliss-reactive ketones (excluding diaryl/α,β-unsaturated/α-hetero) is 1. The van der Waals surface area contributed by atoms with Gasteiger partial charge in [0, 0.05) is 31.0 Å². The quantitative estimate of drug-likeness (QED) is 0.859. The number of carbonyl (C=O) groups is 2. The molecule has 1 amide bonds. The molecule has 4 rings (SSSR count). The van der Waals surface area contributed by atoms with Gasteiger partial charge in [0.25, 0.3) is 5.91 Å². The Kier molecular flexibility index (Phi) is 4.24. The van der Waals surface area contributed by atoms with Crippen molar-refractivity contribution in [1.29, 1.82) is 0 Å². The van der Waals surface area contributed by atoms with E-state index in [0.717, 1.165) is 11.3 Å². The number of para-hydroxylation sites is 2. The number of hydrogen-bond donors (Lipinski definition) is 1. The fourth-order valence-electron chi connectivity index (χ4n) is 3.77. The van der Waals surface area contributed by atoms with Gasteiger partial charge in [-0.1, -0.05) is 36.4 Å². The van der Waals surface area contributed by atoms with Crippen LogP contribution in [0.25, 0.3) is 0 Å². The molecule has 5 heteroatoms. The zero-order valence-corrected chi connectivity index (χ0v) is 14.4. The number of rotatable bonds is 4. The van der Waals surface area contributed by atoms with Crippen LogP contribution in [0.15, 0.2) is 54.6 Å². The molecule has 1 fully saturated rings. The van der Waals surface area contributed by atoms with Crippen LogP contribution in [0, 0.1) is 5.92 Å². The summed E-state index contributed by atoms with van der Waals surface area (Å²) in [5.74, 6) is -0.109. The molecular weight excluding hydrogens is 330 g/mol. The van der Waals surface area contributed by atoms with Crippen LogP contribution in [0.5, 0.6) is 5.75 Å². The number of amides is 1. The summed E-state index contributed by atoms with van der Waals surface area (Å²) in [5.41, 5.74) is -0.157. The number of nitrogens with zero attached hydrogens (tertiary/aromatic N) is 1. The minimum absolute atomic E-state index is 0.0278. The molecule has 134 valence electrons. The maximum Gasteiger partial charge on any atom is 0.266 e. The lowest BCUT2D eigenvalue weighted by Gasteiger charge is -2.27. The SMILES string of the molecule is O=C(CC1COc2ccccc2C1)[C@@]1(O)CCN(c2ccccc2)C1=O. The van der Waals surface area contributed by atoms with E-state index in [1.807, 2.05) is 42.5 Å². The molecule has 0 aliphatic carbocycles. The molecule has 5 nitrogen and oxygen atoms in total. The van der Waals surface area contributed by atoms with Gasteiger partial charge >= 0.3 is 0 Å². The number of fused-ring (bicyclic) bond motifs is 1. The highest BCUT2D eigenvalue weighted by molar-refractivity contribution is 6.17. The summed E-state index contributed by atoms with van der Waals surface area (Å²) in [7, 11) is 0. The van der Waals surface area contributed by atoms with Crippen molar-refractivity contribution in [2.75, 3.05) is 18.1 Å². The third-order valence-electron chi connectivity index (χ3n) is 5.26. The van der Waals surface area contributed by atoms with Crippen molar-refractivity contribution >= 4 is 17.4 Å². The Labute approximate surface area is 152 Å². The molecule has 0 aromatic heterocycles. The second kappa shape index (κ2) is 6.57. The Bertz CT molecular complexity index is 835. The third kappa shape index (κ3) is 2.88. The van der Waals surface area contributed by atoms with Crippen molar-refractivity contribution in [2.24, 2.45) is 5.92 Å². The summed E-state index contributed by atoms with van der Waals surface area (Å²) in [6.45, 7) is 0.768. The van der Waals surface area contributed by atoms with Crippen LogP contribution in [0.2, 0.25) is 0 Å². The van der Waals surface area contributed by atoms with Crippen LogP contribution in [0.4, 0.5) is 5.69 Å². The van der Waals surface area contributed by atoms with E-state index in [1.165, 1.54) is 4.90 Å². The van der Waals surface area contributed by atoms with Crippen molar-refractivity contribution in [3.8, 4) is 5.75 Å². The first-order chi connectivity index (χ1) is 12.6. The zero-order chi connectivity index (χ0) is 18.1. The molecule has 2 aromatic carbocycles. The monoisotopic (exact) mass is 351 g/mol. The predicted octanol–water partition coefficient (Wildman–Crippen LogP) is 2.36. The number of anilines is 1. The van der Waals surface area contributed by atoms with E-state index in [-0.39, 0.29) is 18.8 Å². The molecule has 1 N–H and O–H groups in total. The van der Waals surface area contributed by atoms with Crippen molar-refractivity contribution in [2.45, 2.75) is 24.9 Å². The van der Waals surface area contributed by atoms with Crippen LogP contribution in [-0.4, -0.2) is 35.5 Å². The Morgan fingerprint density at radius 2 is 1.88 bits per heavy atom. The predicted molar refractivity (Wildman–Crippen MR) is 97.1 cm³/mol. The first-order valence-electron chi connectivity index (χ1n) is 8.91. The van der Waals surface area contributed by atoms with Crippen molar-refractivity contribution in [3.05, 3.63) is 60.2 Å². The summed E-state index contributed by atoms with van der Waals surface area (Å²) in [5, 5.41) is 10.8. The summed E-state index contributed by atoms with van der Waals surface area (Å²) < 4.78 is 5.72. The Morgan fingerprint density at radius 3 is 2.69 bits per heavy atom. The molecule has 0 spiro atoms. The molecule has 0 bridgehead atoms. The lowest BCUT2D eigenvalue weighted by molar-refractivity contribution is -0.148. The average molecular weight is 351 g/mol. The van der Waals surface area contributed by atoms with Gasteiger partial charge in [0.05, 0.1) is 6.61 Å². The van der Waals surface area contributed by atoms with Gasteiger partial charge in [-0.2, -0.15) is 0 Å². The Morgan fingerprint density at radius 1 is 1.15 bits per heavy atom. The summed E-state index contributed by atoms with van der Waals surface area (Å²) in [6.07, 6.45) is 0.984. The zero-order valence-electron chi connectivity index (χ0n) is 14.4. The smallest absolute Gasteiger partial charge is 0.266 e. The average Bonchev–Trinajstić information content (AvgIpc) is 2.98. The Hall–Kier alpha value is -2.66. The molecule has 2 atom stereocenters. The van der Waals surface area contributed by atoms with Crippen LogP contribution in [0.1, 0.15) is 18.4 Å².